The van der Waals surface area contributed by atoms with E-state index in [-0.39, 0.29) is 11.3 Å². The van der Waals surface area contributed by atoms with Gasteiger partial charge in [0.05, 0.1) is 4.92 Å². The maximum atomic E-state index is 12.1. The number of rotatable bonds is 5. The third-order valence-corrected chi connectivity index (χ3v) is 3.64. The highest BCUT2D eigenvalue weighted by Crippen LogP contribution is 2.23. The van der Waals surface area contributed by atoms with E-state index in [0.29, 0.717) is 11.3 Å². The quantitative estimate of drug-likeness (QED) is 0.510. The Bertz CT molecular complexity index is 845. The molecule has 0 radical (unpaired) electrons. The lowest BCUT2D eigenvalue weighted by Gasteiger charge is -2.10. The number of nitrogens with zero attached hydrogens (tertiary/aromatic N) is 1. The zero-order chi connectivity index (χ0) is 18.6. The number of esters is 1. The van der Waals surface area contributed by atoms with Gasteiger partial charge in [0, 0.05) is 11.3 Å². The molecule has 0 saturated carbocycles. The van der Waals surface area contributed by atoms with Gasteiger partial charge < -0.3 is 10.1 Å². The van der Waals surface area contributed by atoms with Crippen LogP contribution in [0.15, 0.2) is 36.4 Å². The molecule has 0 aliphatic carbocycles. The molecular weight excluding hydrogens is 324 g/mol. The van der Waals surface area contributed by atoms with Crippen LogP contribution in [0.25, 0.3) is 0 Å². The second kappa shape index (κ2) is 7.57. The highest BCUT2D eigenvalue weighted by molar-refractivity contribution is 5.98. The summed E-state index contributed by atoms with van der Waals surface area (Å²) in [4.78, 5) is 34.5. The van der Waals surface area contributed by atoms with Crippen molar-refractivity contribution < 1.29 is 19.2 Å². The minimum absolute atomic E-state index is 0.176. The minimum atomic E-state index is -0.911. The van der Waals surface area contributed by atoms with Gasteiger partial charge in [-0.3, -0.25) is 14.9 Å². The Morgan fingerprint density at radius 3 is 2.52 bits per heavy atom. The fraction of sp³-hybridized carbons (Fsp3) is 0.222. The van der Waals surface area contributed by atoms with Crippen molar-refractivity contribution in [2.75, 3.05) is 11.9 Å². The topological polar surface area (TPSA) is 98.5 Å². The van der Waals surface area contributed by atoms with Gasteiger partial charge in [-0.1, -0.05) is 24.3 Å². The largest absolute Gasteiger partial charge is 0.452 e. The molecule has 25 heavy (non-hydrogen) atoms. The molecule has 0 aromatic heterocycles. The van der Waals surface area contributed by atoms with Crippen LogP contribution in [0.3, 0.4) is 0 Å². The van der Waals surface area contributed by atoms with Crippen LogP contribution in [0.5, 0.6) is 0 Å². The van der Waals surface area contributed by atoms with Crippen LogP contribution >= 0.6 is 0 Å². The predicted molar refractivity (Wildman–Crippen MR) is 92.7 cm³/mol. The number of hydrogen-bond acceptors (Lipinski definition) is 5. The maximum Gasteiger partial charge on any atom is 0.345 e. The molecular formula is C18H18N2O5. The first kappa shape index (κ1) is 18.1. The van der Waals surface area contributed by atoms with E-state index < -0.39 is 23.4 Å². The van der Waals surface area contributed by atoms with Crippen molar-refractivity contribution in [2.24, 2.45) is 0 Å². The van der Waals surface area contributed by atoms with Crippen molar-refractivity contribution in [3.8, 4) is 0 Å². The number of ether oxygens (including phenoxy) is 1. The third-order valence-electron chi connectivity index (χ3n) is 3.64. The number of carbonyl (C=O) groups excluding carboxylic acids is 2. The lowest BCUT2D eigenvalue weighted by Crippen LogP contribution is -2.22. The summed E-state index contributed by atoms with van der Waals surface area (Å²) >= 11 is 0. The smallest absolute Gasteiger partial charge is 0.345 e. The second-order valence-corrected chi connectivity index (χ2v) is 5.67. The molecule has 0 atom stereocenters. The summed E-state index contributed by atoms with van der Waals surface area (Å²) in [5, 5.41) is 13.8. The van der Waals surface area contributed by atoms with Gasteiger partial charge in [-0.25, -0.2) is 4.79 Å². The zero-order valence-corrected chi connectivity index (χ0v) is 14.2. The normalized spacial score (nSPS) is 10.2. The summed E-state index contributed by atoms with van der Waals surface area (Å²) in [6.07, 6.45) is 0. The fourth-order valence-corrected chi connectivity index (χ4v) is 2.33. The number of benzene rings is 2. The van der Waals surface area contributed by atoms with Crippen LogP contribution in [-0.2, 0) is 9.53 Å². The molecule has 0 bridgehead atoms. The van der Waals surface area contributed by atoms with Gasteiger partial charge in [0.25, 0.3) is 11.6 Å². The molecule has 0 saturated heterocycles. The molecule has 0 aliphatic rings. The van der Waals surface area contributed by atoms with Crippen molar-refractivity contribution in [1.29, 1.82) is 0 Å². The molecule has 1 N–H and O–H groups in total. The van der Waals surface area contributed by atoms with E-state index in [9.17, 15) is 19.7 Å². The van der Waals surface area contributed by atoms with E-state index in [1.807, 2.05) is 26.0 Å². The Labute approximate surface area is 144 Å². The molecule has 130 valence electrons. The first-order chi connectivity index (χ1) is 11.8. The number of amides is 1. The molecule has 0 unspecified atom stereocenters. The van der Waals surface area contributed by atoms with Crippen LogP contribution in [0.2, 0.25) is 0 Å². The second-order valence-electron chi connectivity index (χ2n) is 5.67. The van der Waals surface area contributed by atoms with Gasteiger partial charge in [-0.15, -0.1) is 0 Å². The van der Waals surface area contributed by atoms with Crippen LogP contribution in [0.1, 0.15) is 27.0 Å². The summed E-state index contributed by atoms with van der Waals surface area (Å²) in [5.74, 6) is -1.43. The van der Waals surface area contributed by atoms with E-state index in [1.54, 1.807) is 6.07 Å². The van der Waals surface area contributed by atoms with E-state index in [2.05, 4.69) is 5.32 Å². The van der Waals surface area contributed by atoms with E-state index in [0.717, 1.165) is 11.1 Å². The van der Waals surface area contributed by atoms with Crippen molar-refractivity contribution in [1.82, 2.24) is 0 Å². The number of hydrogen-bond donors (Lipinski definition) is 1. The first-order valence-corrected chi connectivity index (χ1v) is 7.58. The van der Waals surface area contributed by atoms with Crippen molar-refractivity contribution in [3.63, 3.8) is 0 Å². The molecule has 0 heterocycles. The summed E-state index contributed by atoms with van der Waals surface area (Å²) < 4.78 is 4.92. The average molecular weight is 342 g/mol. The number of anilines is 1. The molecule has 0 fully saturated rings. The summed E-state index contributed by atoms with van der Waals surface area (Å²) in [5.41, 5.74) is 2.33. The van der Waals surface area contributed by atoms with Gasteiger partial charge in [0.2, 0.25) is 0 Å². The Morgan fingerprint density at radius 1 is 1.12 bits per heavy atom. The number of nitro groups is 1. The first-order valence-electron chi connectivity index (χ1n) is 7.58. The van der Waals surface area contributed by atoms with Crippen molar-refractivity contribution in [3.05, 3.63) is 68.8 Å². The molecule has 2 rings (SSSR count). The summed E-state index contributed by atoms with van der Waals surface area (Å²) in [6, 6.07) is 9.95. The van der Waals surface area contributed by atoms with Crippen molar-refractivity contribution in [2.45, 2.75) is 20.8 Å². The number of para-hydroxylation sites is 1. The van der Waals surface area contributed by atoms with Gasteiger partial charge in [0.1, 0.15) is 5.56 Å². The summed E-state index contributed by atoms with van der Waals surface area (Å²) in [7, 11) is 0. The molecule has 2 aromatic rings. The van der Waals surface area contributed by atoms with E-state index in [1.165, 1.54) is 25.1 Å². The standard InChI is InChI=1S/C18H18N2O5/c1-11-7-8-12(2)15(9-11)19-16(21)10-25-18(22)14-6-4-5-13(3)17(14)20(23)24/h4-9H,10H2,1-3H3,(H,19,21). The SMILES string of the molecule is Cc1ccc(C)c(NC(=O)COC(=O)c2cccc(C)c2[N+](=O)[O-])c1. The lowest BCUT2D eigenvalue weighted by atomic mass is 10.1. The van der Waals surface area contributed by atoms with Crippen molar-refractivity contribution >= 4 is 23.3 Å². The molecule has 0 spiro atoms. The van der Waals surface area contributed by atoms with E-state index in [4.69, 9.17) is 4.74 Å². The van der Waals surface area contributed by atoms with Crippen LogP contribution in [0, 0.1) is 30.9 Å². The van der Waals surface area contributed by atoms with Crippen LogP contribution in [-0.4, -0.2) is 23.4 Å². The highest BCUT2D eigenvalue weighted by Gasteiger charge is 2.24. The molecule has 7 nitrogen and oxygen atoms in total. The summed E-state index contributed by atoms with van der Waals surface area (Å²) in [6.45, 7) is 4.74. The van der Waals surface area contributed by atoms with Gasteiger partial charge in [-0.2, -0.15) is 0 Å². The molecule has 7 heteroatoms. The van der Waals surface area contributed by atoms with E-state index >= 15 is 0 Å². The number of nitrogens with one attached hydrogen (secondary N) is 1. The Kier molecular flexibility index (Phi) is 5.49. The average Bonchev–Trinajstić information content (AvgIpc) is 2.55. The lowest BCUT2D eigenvalue weighted by molar-refractivity contribution is -0.385. The fourth-order valence-electron chi connectivity index (χ4n) is 2.33. The van der Waals surface area contributed by atoms with Gasteiger partial charge in [-0.05, 0) is 44.0 Å². The van der Waals surface area contributed by atoms with Gasteiger partial charge in [0.15, 0.2) is 6.61 Å². The monoisotopic (exact) mass is 342 g/mol. The predicted octanol–water partition coefficient (Wildman–Crippen LogP) is 3.32. The highest BCUT2D eigenvalue weighted by atomic mass is 16.6. The zero-order valence-electron chi connectivity index (χ0n) is 14.2. The van der Waals surface area contributed by atoms with Crippen LogP contribution in [0.4, 0.5) is 11.4 Å². The van der Waals surface area contributed by atoms with Gasteiger partial charge >= 0.3 is 5.97 Å². The molecule has 0 aliphatic heterocycles. The third kappa shape index (κ3) is 4.41. The Hall–Kier alpha value is -3.22. The molecule has 1 amide bonds. The minimum Gasteiger partial charge on any atom is -0.452 e. The number of nitro benzene ring substituents is 1. The number of aryl methyl sites for hydroxylation is 3. The molecule has 2 aromatic carbocycles. The Balaban J connectivity index is 2.05. The number of carbonyl (C=O) groups is 2. The van der Waals surface area contributed by atoms with Crippen LogP contribution < -0.4 is 5.32 Å². The maximum absolute atomic E-state index is 12.1. The Morgan fingerprint density at radius 2 is 1.84 bits per heavy atom.